The Bertz CT molecular complexity index is 483. The molecule has 0 saturated carbocycles. The third-order valence-electron chi connectivity index (χ3n) is 2.64. The summed E-state index contributed by atoms with van der Waals surface area (Å²) in [5, 5.41) is 9.04. The van der Waals surface area contributed by atoms with Crippen LogP contribution in [-0.2, 0) is 9.53 Å². The molecule has 1 aromatic carbocycles. The highest BCUT2D eigenvalue weighted by atomic mass is 127. The van der Waals surface area contributed by atoms with Crippen LogP contribution in [0.3, 0.4) is 0 Å². The number of aliphatic carboxylic acids is 1. The third-order valence-corrected chi connectivity index (χ3v) is 3.53. The molecule has 20 heavy (non-hydrogen) atoms. The standard InChI is InChI=1S/C15H19IO4/c1-3-12(15(17)18)9-11-5-6-13(16)14(10-11)20-8-7-19-4-2/h5-6,9-10H,3-4,7-8H2,1-2H3,(H,17,18)/b12-9-. The minimum absolute atomic E-state index is 0.381. The van der Waals surface area contributed by atoms with Crippen molar-refractivity contribution in [2.45, 2.75) is 20.3 Å². The number of carboxylic acid groups (broad SMARTS) is 1. The second-order valence-corrected chi connectivity index (χ2v) is 5.23. The predicted molar refractivity (Wildman–Crippen MR) is 87.1 cm³/mol. The van der Waals surface area contributed by atoms with Gasteiger partial charge in [-0.25, -0.2) is 4.79 Å². The van der Waals surface area contributed by atoms with Gasteiger partial charge in [-0.3, -0.25) is 0 Å². The SMILES string of the molecule is CCOCCOc1cc(/C=C(/CC)C(=O)O)ccc1I. The zero-order chi connectivity index (χ0) is 15.0. The fraction of sp³-hybridized carbons (Fsp3) is 0.400. The van der Waals surface area contributed by atoms with E-state index in [1.54, 1.807) is 6.08 Å². The molecule has 0 spiro atoms. The summed E-state index contributed by atoms with van der Waals surface area (Å²) in [6.45, 7) is 5.46. The number of benzene rings is 1. The van der Waals surface area contributed by atoms with Gasteiger partial charge in [0.1, 0.15) is 12.4 Å². The van der Waals surface area contributed by atoms with Crippen molar-refractivity contribution in [1.29, 1.82) is 0 Å². The molecule has 0 fully saturated rings. The Balaban J connectivity index is 2.82. The highest BCUT2D eigenvalue weighted by molar-refractivity contribution is 14.1. The van der Waals surface area contributed by atoms with Crippen molar-refractivity contribution in [2.24, 2.45) is 0 Å². The number of rotatable bonds is 8. The molecule has 5 heteroatoms. The van der Waals surface area contributed by atoms with Gasteiger partial charge < -0.3 is 14.6 Å². The van der Waals surface area contributed by atoms with Crippen LogP contribution in [0.15, 0.2) is 23.8 Å². The quantitative estimate of drug-likeness (QED) is 0.419. The second kappa shape index (κ2) is 8.97. The first-order valence-electron chi connectivity index (χ1n) is 6.52. The van der Waals surface area contributed by atoms with Gasteiger partial charge >= 0.3 is 5.97 Å². The second-order valence-electron chi connectivity index (χ2n) is 4.06. The van der Waals surface area contributed by atoms with E-state index in [0.29, 0.717) is 31.8 Å². The van der Waals surface area contributed by atoms with Crippen LogP contribution >= 0.6 is 22.6 Å². The summed E-state index contributed by atoms with van der Waals surface area (Å²) < 4.78 is 11.9. The highest BCUT2D eigenvalue weighted by Crippen LogP contribution is 2.24. The van der Waals surface area contributed by atoms with Crippen molar-refractivity contribution in [3.8, 4) is 5.75 Å². The molecule has 110 valence electrons. The lowest BCUT2D eigenvalue weighted by molar-refractivity contribution is -0.132. The fourth-order valence-electron chi connectivity index (χ4n) is 1.59. The number of carbonyl (C=O) groups is 1. The van der Waals surface area contributed by atoms with Crippen molar-refractivity contribution in [3.05, 3.63) is 32.9 Å². The summed E-state index contributed by atoms with van der Waals surface area (Å²) in [6.07, 6.45) is 2.16. The van der Waals surface area contributed by atoms with Gasteiger partial charge in [-0.15, -0.1) is 0 Å². The van der Waals surface area contributed by atoms with Crippen molar-refractivity contribution in [1.82, 2.24) is 0 Å². The third kappa shape index (κ3) is 5.50. The topological polar surface area (TPSA) is 55.8 Å². The van der Waals surface area contributed by atoms with Crippen LogP contribution in [-0.4, -0.2) is 30.9 Å². The van der Waals surface area contributed by atoms with E-state index in [1.807, 2.05) is 32.0 Å². The van der Waals surface area contributed by atoms with E-state index in [4.69, 9.17) is 14.6 Å². The Kier molecular flexibility index (Phi) is 7.61. The molecule has 1 N–H and O–H groups in total. The van der Waals surface area contributed by atoms with E-state index in [1.165, 1.54) is 0 Å². The molecule has 0 amide bonds. The Morgan fingerprint density at radius 1 is 1.35 bits per heavy atom. The molecule has 0 atom stereocenters. The highest BCUT2D eigenvalue weighted by Gasteiger charge is 2.06. The summed E-state index contributed by atoms with van der Waals surface area (Å²) in [7, 11) is 0. The molecular formula is C15H19IO4. The van der Waals surface area contributed by atoms with Crippen LogP contribution in [0, 0.1) is 3.57 Å². The zero-order valence-corrected chi connectivity index (χ0v) is 13.8. The Morgan fingerprint density at radius 2 is 2.10 bits per heavy atom. The lowest BCUT2D eigenvalue weighted by Crippen LogP contribution is -2.07. The van der Waals surface area contributed by atoms with E-state index >= 15 is 0 Å². The molecular weight excluding hydrogens is 371 g/mol. The number of hydrogen-bond acceptors (Lipinski definition) is 3. The summed E-state index contributed by atoms with van der Waals surface area (Å²) in [5.74, 6) is -0.134. The Hall–Kier alpha value is -1.08. The largest absolute Gasteiger partial charge is 0.490 e. The van der Waals surface area contributed by atoms with E-state index in [9.17, 15) is 4.79 Å². The van der Waals surface area contributed by atoms with Crippen LogP contribution in [0.4, 0.5) is 0 Å². The maximum Gasteiger partial charge on any atom is 0.331 e. The minimum atomic E-state index is -0.884. The van der Waals surface area contributed by atoms with Gasteiger partial charge in [0, 0.05) is 12.2 Å². The van der Waals surface area contributed by atoms with Gasteiger partial charge in [0.2, 0.25) is 0 Å². The van der Waals surface area contributed by atoms with Gasteiger partial charge in [-0.1, -0.05) is 13.0 Å². The molecule has 4 nitrogen and oxygen atoms in total. The number of hydrogen-bond donors (Lipinski definition) is 1. The smallest absolute Gasteiger partial charge is 0.331 e. The molecule has 0 aromatic heterocycles. The summed E-state index contributed by atoms with van der Waals surface area (Å²) >= 11 is 2.19. The molecule has 0 unspecified atom stereocenters. The number of carboxylic acids is 1. The molecule has 0 saturated heterocycles. The van der Waals surface area contributed by atoms with Gasteiger partial charge in [-0.2, -0.15) is 0 Å². The molecule has 0 heterocycles. The van der Waals surface area contributed by atoms with Gasteiger partial charge in [0.25, 0.3) is 0 Å². The first-order chi connectivity index (χ1) is 9.58. The van der Waals surface area contributed by atoms with E-state index in [2.05, 4.69) is 22.6 Å². The fourth-order valence-corrected chi connectivity index (χ4v) is 2.08. The first-order valence-corrected chi connectivity index (χ1v) is 7.60. The first kappa shape index (κ1) is 17.0. The van der Waals surface area contributed by atoms with Crippen LogP contribution in [0.1, 0.15) is 25.8 Å². The van der Waals surface area contributed by atoms with Gasteiger partial charge in [-0.05, 0) is 59.7 Å². The molecule has 0 aliphatic heterocycles. The van der Waals surface area contributed by atoms with Gasteiger partial charge in [0.15, 0.2) is 0 Å². The van der Waals surface area contributed by atoms with Crippen molar-refractivity contribution in [3.63, 3.8) is 0 Å². The van der Waals surface area contributed by atoms with Crippen LogP contribution < -0.4 is 4.74 Å². The zero-order valence-electron chi connectivity index (χ0n) is 11.7. The van der Waals surface area contributed by atoms with E-state index < -0.39 is 5.97 Å². The monoisotopic (exact) mass is 390 g/mol. The van der Waals surface area contributed by atoms with Crippen molar-refractivity contribution in [2.75, 3.05) is 19.8 Å². The molecule has 0 aliphatic carbocycles. The van der Waals surface area contributed by atoms with Gasteiger partial charge in [0.05, 0.1) is 10.2 Å². The lowest BCUT2D eigenvalue weighted by Gasteiger charge is -2.09. The van der Waals surface area contributed by atoms with Crippen molar-refractivity contribution < 1.29 is 19.4 Å². The minimum Gasteiger partial charge on any atom is -0.490 e. The molecule has 0 aliphatic rings. The maximum absolute atomic E-state index is 11.0. The molecule has 0 bridgehead atoms. The van der Waals surface area contributed by atoms with E-state index in [0.717, 1.165) is 14.9 Å². The predicted octanol–water partition coefficient (Wildman–Crippen LogP) is 3.58. The lowest BCUT2D eigenvalue weighted by atomic mass is 10.1. The van der Waals surface area contributed by atoms with Crippen LogP contribution in [0.5, 0.6) is 5.75 Å². The van der Waals surface area contributed by atoms with E-state index in [-0.39, 0.29) is 0 Å². The normalized spacial score (nSPS) is 11.4. The van der Waals surface area contributed by atoms with Crippen LogP contribution in [0.2, 0.25) is 0 Å². The average Bonchev–Trinajstić information content (AvgIpc) is 2.43. The summed E-state index contributed by atoms with van der Waals surface area (Å²) in [5.41, 5.74) is 1.21. The maximum atomic E-state index is 11.0. The molecule has 1 rings (SSSR count). The molecule has 1 aromatic rings. The molecule has 0 radical (unpaired) electrons. The average molecular weight is 390 g/mol. The van der Waals surface area contributed by atoms with Crippen LogP contribution in [0.25, 0.3) is 6.08 Å². The van der Waals surface area contributed by atoms with Crippen molar-refractivity contribution >= 4 is 34.6 Å². The Labute approximate surface area is 132 Å². The summed E-state index contributed by atoms with van der Waals surface area (Å²) in [4.78, 5) is 11.0. The summed E-state index contributed by atoms with van der Waals surface area (Å²) in [6, 6.07) is 5.65. The number of ether oxygens (including phenoxy) is 2. The Morgan fingerprint density at radius 3 is 2.70 bits per heavy atom. The number of halogens is 1.